The fraction of sp³-hybridized carbons (Fsp3) is 0.250. The van der Waals surface area contributed by atoms with Gasteiger partial charge in [0, 0.05) is 13.6 Å². The SMILES string of the molecule is COc1cc(CN(C)S(=O)(=O)c2ccccc2F)ccc1OC(F)F. The largest absolute Gasteiger partial charge is 0.493 e. The van der Waals surface area contributed by atoms with Crippen LogP contribution in [-0.2, 0) is 16.6 Å². The van der Waals surface area contributed by atoms with Crippen molar-refractivity contribution in [2.24, 2.45) is 0 Å². The highest BCUT2D eigenvalue weighted by atomic mass is 32.2. The van der Waals surface area contributed by atoms with Crippen LogP contribution in [-0.4, -0.2) is 33.5 Å². The van der Waals surface area contributed by atoms with Crippen LogP contribution >= 0.6 is 0 Å². The molecule has 0 saturated carbocycles. The number of alkyl halides is 2. The Labute approximate surface area is 143 Å². The first-order chi connectivity index (χ1) is 11.8. The summed E-state index contributed by atoms with van der Waals surface area (Å²) < 4.78 is 73.6. The van der Waals surface area contributed by atoms with Gasteiger partial charge < -0.3 is 9.47 Å². The van der Waals surface area contributed by atoms with E-state index in [1.54, 1.807) is 0 Å². The number of sulfonamides is 1. The molecule has 0 unspecified atom stereocenters. The van der Waals surface area contributed by atoms with Crippen LogP contribution in [0.1, 0.15) is 5.56 Å². The third-order valence-electron chi connectivity index (χ3n) is 3.37. The van der Waals surface area contributed by atoms with Gasteiger partial charge in [-0.1, -0.05) is 18.2 Å². The van der Waals surface area contributed by atoms with Gasteiger partial charge in [-0.05, 0) is 29.8 Å². The second-order valence-electron chi connectivity index (χ2n) is 5.06. The molecule has 0 fully saturated rings. The van der Waals surface area contributed by atoms with Crippen molar-refractivity contribution in [3.05, 3.63) is 53.8 Å². The van der Waals surface area contributed by atoms with E-state index in [1.807, 2.05) is 0 Å². The van der Waals surface area contributed by atoms with Gasteiger partial charge in [-0.3, -0.25) is 0 Å². The molecule has 0 atom stereocenters. The average molecular weight is 375 g/mol. The predicted octanol–water partition coefficient (Wildman–Crippen LogP) is 3.26. The second kappa shape index (κ2) is 7.75. The number of benzene rings is 2. The molecule has 0 heterocycles. The van der Waals surface area contributed by atoms with Crippen LogP contribution < -0.4 is 9.47 Å². The molecule has 0 saturated heterocycles. The van der Waals surface area contributed by atoms with Crippen molar-refractivity contribution in [3.8, 4) is 11.5 Å². The van der Waals surface area contributed by atoms with E-state index in [4.69, 9.17) is 4.74 Å². The van der Waals surface area contributed by atoms with Gasteiger partial charge in [0.25, 0.3) is 0 Å². The molecule has 0 amide bonds. The number of ether oxygens (including phenoxy) is 2. The van der Waals surface area contributed by atoms with E-state index >= 15 is 0 Å². The van der Waals surface area contributed by atoms with Crippen LogP contribution in [0.15, 0.2) is 47.4 Å². The molecular weight excluding hydrogens is 359 g/mol. The Bertz CT molecular complexity index is 843. The van der Waals surface area contributed by atoms with Gasteiger partial charge in [-0.25, -0.2) is 12.8 Å². The van der Waals surface area contributed by atoms with Crippen LogP contribution in [0.4, 0.5) is 13.2 Å². The van der Waals surface area contributed by atoms with Crippen molar-refractivity contribution in [2.45, 2.75) is 18.1 Å². The first-order valence-electron chi connectivity index (χ1n) is 7.08. The van der Waals surface area contributed by atoms with Gasteiger partial charge >= 0.3 is 6.61 Å². The molecule has 0 aliphatic rings. The normalized spacial score (nSPS) is 11.8. The van der Waals surface area contributed by atoms with Crippen molar-refractivity contribution >= 4 is 10.0 Å². The lowest BCUT2D eigenvalue weighted by Crippen LogP contribution is -2.27. The third kappa shape index (κ3) is 4.43. The van der Waals surface area contributed by atoms with E-state index in [9.17, 15) is 21.6 Å². The Balaban J connectivity index is 2.25. The molecule has 0 aliphatic carbocycles. The van der Waals surface area contributed by atoms with Crippen LogP contribution in [0, 0.1) is 5.82 Å². The zero-order valence-electron chi connectivity index (χ0n) is 13.4. The lowest BCUT2D eigenvalue weighted by molar-refractivity contribution is -0.0512. The van der Waals surface area contributed by atoms with Gasteiger partial charge in [0.1, 0.15) is 10.7 Å². The number of hydrogen-bond acceptors (Lipinski definition) is 4. The molecule has 0 N–H and O–H groups in total. The summed E-state index contributed by atoms with van der Waals surface area (Å²) in [5.41, 5.74) is 0.459. The number of methoxy groups -OCH3 is 1. The fourth-order valence-corrected chi connectivity index (χ4v) is 3.39. The van der Waals surface area contributed by atoms with Crippen LogP contribution in [0.5, 0.6) is 11.5 Å². The minimum atomic E-state index is -4.05. The Hall–Kier alpha value is -2.26. The van der Waals surface area contributed by atoms with Crippen molar-refractivity contribution in [1.82, 2.24) is 4.31 Å². The molecule has 25 heavy (non-hydrogen) atoms. The molecule has 5 nitrogen and oxygen atoms in total. The summed E-state index contributed by atoms with van der Waals surface area (Å²) in [6.45, 7) is -3.12. The van der Waals surface area contributed by atoms with Gasteiger partial charge in [0.15, 0.2) is 11.5 Å². The zero-order valence-corrected chi connectivity index (χ0v) is 14.3. The van der Waals surface area contributed by atoms with Gasteiger partial charge in [-0.2, -0.15) is 13.1 Å². The molecule has 0 spiro atoms. The van der Waals surface area contributed by atoms with E-state index in [0.29, 0.717) is 5.56 Å². The van der Waals surface area contributed by atoms with E-state index in [-0.39, 0.29) is 18.0 Å². The number of rotatable bonds is 7. The molecule has 136 valence electrons. The quantitative estimate of drug-likeness (QED) is 0.746. The summed E-state index contributed by atoms with van der Waals surface area (Å²) in [4.78, 5) is -0.442. The monoisotopic (exact) mass is 375 g/mol. The Morgan fingerprint density at radius 1 is 1.12 bits per heavy atom. The lowest BCUT2D eigenvalue weighted by Gasteiger charge is -2.18. The lowest BCUT2D eigenvalue weighted by atomic mass is 10.2. The number of hydrogen-bond donors (Lipinski definition) is 0. The molecule has 2 aromatic rings. The standard InChI is InChI=1S/C16H16F3NO4S/c1-20(25(21,22)15-6-4-3-5-12(15)17)10-11-7-8-13(24-16(18)19)14(9-11)23-2/h3-9,16H,10H2,1-2H3. The van der Waals surface area contributed by atoms with Gasteiger partial charge in [0.05, 0.1) is 7.11 Å². The summed E-state index contributed by atoms with van der Waals surface area (Å²) in [6, 6.07) is 9.09. The Morgan fingerprint density at radius 3 is 2.40 bits per heavy atom. The summed E-state index contributed by atoms with van der Waals surface area (Å²) in [7, 11) is -1.49. The van der Waals surface area contributed by atoms with Crippen molar-refractivity contribution in [2.75, 3.05) is 14.2 Å². The summed E-state index contributed by atoms with van der Waals surface area (Å²) in [5.74, 6) is -0.983. The highest BCUT2D eigenvalue weighted by molar-refractivity contribution is 7.89. The first kappa shape index (κ1) is 19.1. The molecule has 9 heteroatoms. The van der Waals surface area contributed by atoms with Gasteiger partial charge in [-0.15, -0.1) is 0 Å². The summed E-state index contributed by atoms with van der Waals surface area (Å²) in [6.07, 6.45) is 0. The van der Waals surface area contributed by atoms with E-state index < -0.39 is 27.3 Å². The molecule has 0 bridgehead atoms. The maximum Gasteiger partial charge on any atom is 0.387 e. The van der Waals surface area contributed by atoms with Crippen molar-refractivity contribution in [1.29, 1.82) is 0 Å². The van der Waals surface area contributed by atoms with E-state index in [2.05, 4.69) is 4.74 Å². The molecule has 2 rings (SSSR count). The topological polar surface area (TPSA) is 55.8 Å². The third-order valence-corrected chi connectivity index (χ3v) is 5.21. The molecule has 0 radical (unpaired) electrons. The first-order valence-corrected chi connectivity index (χ1v) is 8.52. The highest BCUT2D eigenvalue weighted by Gasteiger charge is 2.24. The molecular formula is C16H16F3NO4S. The average Bonchev–Trinajstić information content (AvgIpc) is 2.55. The molecule has 0 aromatic heterocycles. The fourth-order valence-electron chi connectivity index (χ4n) is 2.17. The maximum atomic E-state index is 13.8. The van der Waals surface area contributed by atoms with Crippen LogP contribution in [0.2, 0.25) is 0 Å². The van der Waals surface area contributed by atoms with E-state index in [1.165, 1.54) is 50.6 Å². The van der Waals surface area contributed by atoms with Crippen LogP contribution in [0.3, 0.4) is 0 Å². The van der Waals surface area contributed by atoms with Gasteiger partial charge in [0.2, 0.25) is 10.0 Å². The number of nitrogens with zero attached hydrogens (tertiary/aromatic N) is 1. The minimum absolute atomic E-state index is 0.0366. The van der Waals surface area contributed by atoms with Crippen LogP contribution in [0.25, 0.3) is 0 Å². The highest BCUT2D eigenvalue weighted by Crippen LogP contribution is 2.30. The Morgan fingerprint density at radius 2 is 1.80 bits per heavy atom. The van der Waals surface area contributed by atoms with Crippen molar-refractivity contribution < 1.29 is 31.1 Å². The molecule has 0 aliphatic heterocycles. The number of halogens is 3. The second-order valence-corrected chi connectivity index (χ2v) is 7.07. The maximum absolute atomic E-state index is 13.8. The smallest absolute Gasteiger partial charge is 0.387 e. The minimum Gasteiger partial charge on any atom is -0.493 e. The Kier molecular flexibility index (Phi) is 5.91. The van der Waals surface area contributed by atoms with Crippen molar-refractivity contribution in [3.63, 3.8) is 0 Å². The van der Waals surface area contributed by atoms with E-state index in [0.717, 1.165) is 10.4 Å². The zero-order chi connectivity index (χ0) is 18.6. The predicted molar refractivity (Wildman–Crippen MR) is 84.7 cm³/mol. The molecule has 2 aromatic carbocycles. The summed E-state index contributed by atoms with van der Waals surface area (Å²) >= 11 is 0. The summed E-state index contributed by atoms with van der Waals surface area (Å²) in [5, 5.41) is 0.